The predicted octanol–water partition coefficient (Wildman–Crippen LogP) is 4.92. The Morgan fingerprint density at radius 2 is 1.97 bits per heavy atom. The molecule has 0 bridgehead atoms. The summed E-state index contributed by atoms with van der Waals surface area (Å²) >= 11 is 7.48. The molecule has 1 aliphatic rings. The molecule has 1 aromatic heterocycles. The molecule has 1 amide bonds. The van der Waals surface area contributed by atoms with Gasteiger partial charge in [0.2, 0.25) is 5.91 Å². The molecule has 0 radical (unpaired) electrons. The minimum atomic E-state index is -0.323. The lowest BCUT2D eigenvalue weighted by Crippen LogP contribution is -2.33. The fourth-order valence-corrected chi connectivity index (χ4v) is 4.68. The van der Waals surface area contributed by atoms with Crippen LogP contribution in [0.25, 0.3) is 11.4 Å². The summed E-state index contributed by atoms with van der Waals surface area (Å²) in [6.45, 7) is 3.34. The van der Waals surface area contributed by atoms with Gasteiger partial charge >= 0.3 is 0 Å². The largest absolute Gasteiger partial charge is 0.376 e. The first kappa shape index (κ1) is 21.9. The van der Waals surface area contributed by atoms with Crippen molar-refractivity contribution in [2.45, 2.75) is 42.8 Å². The fourth-order valence-electron chi connectivity index (χ4n) is 3.61. The van der Waals surface area contributed by atoms with Crippen LogP contribution in [0.5, 0.6) is 0 Å². The first-order valence-corrected chi connectivity index (χ1v) is 11.6. The molecular formula is C23H25ClN4O2S. The molecule has 3 aromatic rings. The zero-order chi connectivity index (χ0) is 21.8. The van der Waals surface area contributed by atoms with Crippen LogP contribution in [-0.2, 0) is 16.1 Å². The molecule has 0 N–H and O–H groups in total. The number of thioether (sulfide) groups is 1. The van der Waals surface area contributed by atoms with E-state index in [0.717, 1.165) is 36.5 Å². The van der Waals surface area contributed by atoms with Crippen LogP contribution >= 0.6 is 23.4 Å². The van der Waals surface area contributed by atoms with E-state index in [-0.39, 0.29) is 17.3 Å². The molecule has 8 heteroatoms. The smallest absolute Gasteiger partial charge is 0.240 e. The second kappa shape index (κ2) is 9.85. The topological polar surface area (TPSA) is 60.2 Å². The van der Waals surface area contributed by atoms with E-state index in [0.29, 0.717) is 16.7 Å². The third kappa shape index (κ3) is 5.11. The number of hydrogen-bond donors (Lipinski definition) is 0. The highest BCUT2D eigenvalue weighted by atomic mass is 35.5. The highest BCUT2D eigenvalue weighted by molar-refractivity contribution is 8.00. The van der Waals surface area contributed by atoms with Crippen LogP contribution < -0.4 is 4.90 Å². The van der Waals surface area contributed by atoms with Crippen LogP contribution in [0, 0.1) is 0 Å². The third-order valence-electron chi connectivity index (χ3n) is 5.33. The number of nitrogens with zero attached hydrogens (tertiary/aromatic N) is 4. The standard InChI is InChI=1S/C23H25ClN4O2S/c1-16(22(29)27(2)19-7-4-3-5-8-19)31-23-26-25-21(17-10-12-18(24)13-11-17)28(23)15-20-9-6-14-30-20/h3-5,7-8,10-13,16,20H,6,9,14-15H2,1-2H3/t16-,20+/m0/s1. The van der Waals surface area contributed by atoms with Gasteiger partial charge in [0.15, 0.2) is 11.0 Å². The summed E-state index contributed by atoms with van der Waals surface area (Å²) in [5, 5.41) is 9.93. The van der Waals surface area contributed by atoms with Crippen molar-refractivity contribution in [2.75, 3.05) is 18.6 Å². The zero-order valence-corrected chi connectivity index (χ0v) is 19.1. The number of amides is 1. The van der Waals surface area contributed by atoms with Gasteiger partial charge in [-0.2, -0.15) is 0 Å². The minimum Gasteiger partial charge on any atom is -0.376 e. The molecule has 0 aliphatic carbocycles. The summed E-state index contributed by atoms with van der Waals surface area (Å²) in [4.78, 5) is 14.7. The number of aromatic nitrogens is 3. The van der Waals surface area contributed by atoms with Gasteiger partial charge in [-0.05, 0) is 56.2 Å². The van der Waals surface area contributed by atoms with Gasteiger partial charge in [0.1, 0.15) is 0 Å². The molecule has 6 nitrogen and oxygen atoms in total. The Balaban J connectivity index is 1.58. The van der Waals surface area contributed by atoms with Gasteiger partial charge in [0, 0.05) is 29.9 Å². The Hall–Kier alpha value is -2.35. The van der Waals surface area contributed by atoms with Crippen LogP contribution in [-0.4, -0.2) is 45.7 Å². The lowest BCUT2D eigenvalue weighted by molar-refractivity contribution is -0.117. The normalized spacial score (nSPS) is 16.9. The predicted molar refractivity (Wildman–Crippen MR) is 125 cm³/mol. The van der Waals surface area contributed by atoms with Crippen molar-refractivity contribution in [3.63, 3.8) is 0 Å². The molecule has 4 rings (SSSR count). The van der Waals surface area contributed by atoms with Gasteiger partial charge in [-0.1, -0.05) is 41.6 Å². The Kier molecular flexibility index (Phi) is 6.95. The average molecular weight is 457 g/mol. The maximum absolute atomic E-state index is 13.0. The highest BCUT2D eigenvalue weighted by Crippen LogP contribution is 2.30. The van der Waals surface area contributed by atoms with Crippen molar-refractivity contribution in [2.24, 2.45) is 0 Å². The summed E-state index contributed by atoms with van der Waals surface area (Å²) in [6.07, 6.45) is 2.19. The Bertz CT molecular complexity index is 1020. The van der Waals surface area contributed by atoms with Crippen LogP contribution in [0.1, 0.15) is 19.8 Å². The van der Waals surface area contributed by atoms with E-state index >= 15 is 0 Å². The van der Waals surface area contributed by atoms with Crippen LogP contribution in [0.2, 0.25) is 5.02 Å². The molecule has 0 saturated carbocycles. The van der Waals surface area contributed by atoms with Gasteiger partial charge < -0.3 is 9.64 Å². The second-order valence-electron chi connectivity index (χ2n) is 7.55. The number of carbonyl (C=O) groups is 1. The number of ether oxygens (including phenoxy) is 1. The molecule has 1 saturated heterocycles. The van der Waals surface area contributed by atoms with Gasteiger partial charge in [-0.25, -0.2) is 0 Å². The summed E-state index contributed by atoms with van der Waals surface area (Å²) in [5.41, 5.74) is 1.80. The molecule has 1 aliphatic heterocycles. The monoisotopic (exact) mass is 456 g/mol. The van der Waals surface area contributed by atoms with Crippen molar-refractivity contribution in [3.8, 4) is 11.4 Å². The number of halogens is 1. The van der Waals surface area contributed by atoms with Crippen molar-refractivity contribution < 1.29 is 9.53 Å². The van der Waals surface area contributed by atoms with Gasteiger partial charge in [0.05, 0.1) is 17.9 Å². The number of benzene rings is 2. The quantitative estimate of drug-likeness (QED) is 0.472. The number of para-hydroxylation sites is 1. The number of hydrogen-bond acceptors (Lipinski definition) is 5. The van der Waals surface area contributed by atoms with Gasteiger partial charge in [-0.15, -0.1) is 10.2 Å². The number of carbonyl (C=O) groups excluding carboxylic acids is 1. The molecule has 2 heterocycles. The van der Waals surface area contributed by atoms with Gasteiger partial charge in [-0.3, -0.25) is 9.36 Å². The fraction of sp³-hybridized carbons (Fsp3) is 0.348. The molecule has 2 aromatic carbocycles. The van der Waals surface area contributed by atoms with Crippen LogP contribution in [0.15, 0.2) is 59.8 Å². The molecule has 0 spiro atoms. The van der Waals surface area contributed by atoms with Crippen molar-refractivity contribution >= 4 is 35.0 Å². The second-order valence-corrected chi connectivity index (χ2v) is 9.30. The van der Waals surface area contributed by atoms with Crippen molar-refractivity contribution in [1.29, 1.82) is 0 Å². The molecule has 31 heavy (non-hydrogen) atoms. The van der Waals surface area contributed by atoms with E-state index in [2.05, 4.69) is 14.8 Å². The van der Waals surface area contributed by atoms with E-state index in [1.165, 1.54) is 11.8 Å². The molecule has 162 valence electrons. The highest BCUT2D eigenvalue weighted by Gasteiger charge is 2.26. The third-order valence-corrected chi connectivity index (χ3v) is 6.65. The Labute approximate surface area is 191 Å². The van der Waals surface area contributed by atoms with E-state index in [9.17, 15) is 4.79 Å². The first-order chi connectivity index (χ1) is 15.0. The molecule has 2 atom stereocenters. The minimum absolute atomic E-state index is 0.0101. The maximum Gasteiger partial charge on any atom is 0.240 e. The van der Waals surface area contributed by atoms with E-state index < -0.39 is 0 Å². The Morgan fingerprint density at radius 3 is 2.65 bits per heavy atom. The zero-order valence-electron chi connectivity index (χ0n) is 17.6. The molecule has 1 fully saturated rings. The summed E-state index contributed by atoms with van der Waals surface area (Å²) in [5.74, 6) is 0.765. The molecular weight excluding hydrogens is 432 g/mol. The van der Waals surface area contributed by atoms with Crippen LogP contribution in [0.3, 0.4) is 0 Å². The lowest BCUT2D eigenvalue weighted by atomic mass is 10.2. The average Bonchev–Trinajstić information content (AvgIpc) is 3.45. The SMILES string of the molecule is C[C@H](Sc1nnc(-c2ccc(Cl)cc2)n1C[C@H]1CCCO1)C(=O)N(C)c1ccccc1. The number of anilines is 1. The Morgan fingerprint density at radius 1 is 1.23 bits per heavy atom. The van der Waals surface area contributed by atoms with Crippen LogP contribution in [0.4, 0.5) is 5.69 Å². The summed E-state index contributed by atoms with van der Waals surface area (Å²) in [6, 6.07) is 17.2. The van der Waals surface area contributed by atoms with E-state index in [1.807, 2.05) is 61.5 Å². The number of rotatable bonds is 7. The van der Waals surface area contributed by atoms with E-state index in [4.69, 9.17) is 16.3 Å². The summed E-state index contributed by atoms with van der Waals surface area (Å²) in [7, 11) is 1.80. The lowest BCUT2D eigenvalue weighted by Gasteiger charge is -2.21. The summed E-state index contributed by atoms with van der Waals surface area (Å²) < 4.78 is 7.92. The van der Waals surface area contributed by atoms with Crippen molar-refractivity contribution in [3.05, 3.63) is 59.6 Å². The maximum atomic E-state index is 13.0. The first-order valence-electron chi connectivity index (χ1n) is 10.3. The van der Waals surface area contributed by atoms with Crippen molar-refractivity contribution in [1.82, 2.24) is 14.8 Å². The molecule has 0 unspecified atom stereocenters. The van der Waals surface area contributed by atoms with E-state index in [1.54, 1.807) is 11.9 Å². The van der Waals surface area contributed by atoms with Gasteiger partial charge in [0.25, 0.3) is 0 Å².